The minimum Gasteiger partial charge on any atom is -0.480 e. The summed E-state index contributed by atoms with van der Waals surface area (Å²) in [6.45, 7) is 4.01. The first-order chi connectivity index (χ1) is 9.23. The molecule has 0 radical (unpaired) electrons. The van der Waals surface area contributed by atoms with Gasteiger partial charge in [-0.05, 0) is 24.6 Å². The summed E-state index contributed by atoms with van der Waals surface area (Å²) in [4.78, 5) is 33.2. The van der Waals surface area contributed by atoms with Gasteiger partial charge in [0.1, 0.15) is 11.3 Å². The van der Waals surface area contributed by atoms with Gasteiger partial charge in [0.05, 0.1) is 0 Å². The van der Waals surface area contributed by atoms with Gasteiger partial charge in [-0.2, -0.15) is 0 Å². The number of hydrogen-bond acceptors (Lipinski definition) is 4. The maximum Gasteiger partial charge on any atom is 0.329 e. The van der Waals surface area contributed by atoms with E-state index in [0.29, 0.717) is 11.3 Å². The predicted octanol–water partition coefficient (Wildman–Crippen LogP) is 1.13. The maximum absolute atomic E-state index is 11.3. The number of ether oxygens (including phenoxy) is 1. The van der Waals surface area contributed by atoms with Crippen molar-refractivity contribution in [3.63, 3.8) is 0 Å². The van der Waals surface area contributed by atoms with Crippen molar-refractivity contribution < 1.29 is 24.2 Å². The molecular weight excluding hydrogens is 262 g/mol. The number of rotatable bonds is 5. The van der Waals surface area contributed by atoms with Crippen molar-refractivity contribution in [2.45, 2.75) is 32.7 Å². The number of aliphatic carboxylic acids is 1. The van der Waals surface area contributed by atoms with Crippen molar-refractivity contribution in [2.75, 3.05) is 0 Å². The van der Waals surface area contributed by atoms with E-state index in [0.717, 1.165) is 0 Å². The topological polar surface area (TPSA) is 92.7 Å². The number of nitrogens with one attached hydrogen (secondary N) is 1. The van der Waals surface area contributed by atoms with Crippen LogP contribution in [-0.4, -0.2) is 28.5 Å². The molecular formula is C14H17NO5. The number of carbonyl (C=O) groups excluding carboxylic acids is 2. The Kier molecular flexibility index (Phi) is 4.85. The molecule has 1 rings (SSSR count). The van der Waals surface area contributed by atoms with Crippen molar-refractivity contribution in [3.05, 3.63) is 29.8 Å². The number of hydrogen-bond donors (Lipinski definition) is 2. The molecule has 0 aliphatic rings. The number of carbonyl (C=O) groups is 3. The molecule has 0 spiro atoms. The van der Waals surface area contributed by atoms with E-state index in [4.69, 9.17) is 4.74 Å². The minimum absolute atomic E-state index is 0.127. The van der Waals surface area contributed by atoms with Crippen LogP contribution in [0.3, 0.4) is 0 Å². The Hall–Kier alpha value is -2.37. The number of amides is 1. The Balaban J connectivity index is 2.87. The van der Waals surface area contributed by atoms with Gasteiger partial charge in [0.2, 0.25) is 5.91 Å². The molecule has 6 heteroatoms. The highest BCUT2D eigenvalue weighted by molar-refractivity contribution is 5.85. The van der Waals surface area contributed by atoms with E-state index >= 15 is 0 Å². The van der Waals surface area contributed by atoms with E-state index in [1.54, 1.807) is 24.3 Å². The molecule has 0 heterocycles. The van der Waals surface area contributed by atoms with E-state index in [1.807, 2.05) is 0 Å². The Morgan fingerprint density at radius 1 is 1.20 bits per heavy atom. The van der Waals surface area contributed by atoms with E-state index in [1.165, 1.54) is 20.8 Å². The summed E-state index contributed by atoms with van der Waals surface area (Å²) in [7, 11) is 0. The second kappa shape index (κ2) is 6.18. The van der Waals surface area contributed by atoms with Crippen LogP contribution in [0.2, 0.25) is 0 Å². The van der Waals surface area contributed by atoms with Crippen LogP contribution in [-0.2, 0) is 20.8 Å². The van der Waals surface area contributed by atoms with Crippen LogP contribution in [0.5, 0.6) is 5.75 Å². The standard InChI is InChI=1S/C14H17NO5/c1-9(16)15-14(3,13(18)19)8-11-4-6-12(7-5-11)20-10(2)17/h4-7H,8H2,1-3H3,(H,15,16)(H,18,19). The molecule has 0 fully saturated rings. The lowest BCUT2D eigenvalue weighted by molar-refractivity contribution is -0.146. The number of carboxylic acid groups (broad SMARTS) is 1. The number of esters is 1. The van der Waals surface area contributed by atoms with Crippen molar-refractivity contribution in [1.29, 1.82) is 0 Å². The lowest BCUT2D eigenvalue weighted by Crippen LogP contribution is -2.53. The van der Waals surface area contributed by atoms with Gasteiger partial charge < -0.3 is 15.2 Å². The molecule has 1 aromatic carbocycles. The lowest BCUT2D eigenvalue weighted by atomic mass is 9.92. The average Bonchev–Trinajstić information content (AvgIpc) is 2.29. The highest BCUT2D eigenvalue weighted by Crippen LogP contribution is 2.18. The third kappa shape index (κ3) is 4.38. The lowest BCUT2D eigenvalue weighted by Gasteiger charge is -2.25. The molecule has 6 nitrogen and oxygen atoms in total. The average molecular weight is 279 g/mol. The van der Waals surface area contributed by atoms with Gasteiger partial charge in [-0.15, -0.1) is 0 Å². The molecule has 2 N–H and O–H groups in total. The highest BCUT2D eigenvalue weighted by atomic mass is 16.5. The predicted molar refractivity (Wildman–Crippen MR) is 71.3 cm³/mol. The van der Waals surface area contributed by atoms with Gasteiger partial charge in [0, 0.05) is 20.3 Å². The largest absolute Gasteiger partial charge is 0.480 e. The van der Waals surface area contributed by atoms with Crippen LogP contribution in [0.4, 0.5) is 0 Å². The highest BCUT2D eigenvalue weighted by Gasteiger charge is 2.34. The second-order valence-electron chi connectivity index (χ2n) is 4.73. The van der Waals surface area contributed by atoms with Crippen LogP contribution in [0.1, 0.15) is 26.3 Å². The smallest absolute Gasteiger partial charge is 0.329 e. The SMILES string of the molecule is CC(=O)NC(C)(Cc1ccc(OC(C)=O)cc1)C(=O)O. The molecule has 0 saturated carbocycles. The molecule has 20 heavy (non-hydrogen) atoms. The molecule has 0 saturated heterocycles. The van der Waals surface area contributed by atoms with Gasteiger partial charge >= 0.3 is 11.9 Å². The summed E-state index contributed by atoms with van der Waals surface area (Å²) in [5, 5.41) is 11.7. The summed E-state index contributed by atoms with van der Waals surface area (Å²) in [6, 6.07) is 6.46. The summed E-state index contributed by atoms with van der Waals surface area (Å²) in [6.07, 6.45) is 0.127. The fourth-order valence-electron chi connectivity index (χ4n) is 1.81. The third-order valence-electron chi connectivity index (χ3n) is 2.67. The third-order valence-corrected chi connectivity index (χ3v) is 2.67. The zero-order valence-corrected chi connectivity index (χ0v) is 11.6. The van der Waals surface area contributed by atoms with Crippen LogP contribution in [0.15, 0.2) is 24.3 Å². The molecule has 0 bridgehead atoms. The van der Waals surface area contributed by atoms with Crippen molar-refractivity contribution >= 4 is 17.8 Å². The van der Waals surface area contributed by atoms with Gasteiger partial charge in [0.25, 0.3) is 0 Å². The Morgan fingerprint density at radius 3 is 2.15 bits per heavy atom. The quantitative estimate of drug-likeness (QED) is 0.622. The number of benzene rings is 1. The first-order valence-electron chi connectivity index (χ1n) is 6.02. The van der Waals surface area contributed by atoms with Crippen LogP contribution in [0, 0.1) is 0 Å². The van der Waals surface area contributed by atoms with Crippen molar-refractivity contribution in [2.24, 2.45) is 0 Å². The normalized spacial score (nSPS) is 13.2. The fraction of sp³-hybridized carbons (Fsp3) is 0.357. The number of carboxylic acids is 1. The van der Waals surface area contributed by atoms with Crippen LogP contribution in [0.25, 0.3) is 0 Å². The Labute approximate surface area is 116 Å². The van der Waals surface area contributed by atoms with E-state index in [-0.39, 0.29) is 6.42 Å². The van der Waals surface area contributed by atoms with Crippen LogP contribution >= 0.6 is 0 Å². The minimum atomic E-state index is -1.38. The molecule has 0 aliphatic carbocycles. The maximum atomic E-state index is 11.3. The summed E-state index contributed by atoms with van der Waals surface area (Å²) < 4.78 is 4.89. The first kappa shape index (κ1) is 15.7. The van der Waals surface area contributed by atoms with E-state index < -0.39 is 23.4 Å². The monoisotopic (exact) mass is 279 g/mol. The second-order valence-corrected chi connectivity index (χ2v) is 4.73. The van der Waals surface area contributed by atoms with E-state index in [2.05, 4.69) is 5.32 Å². The van der Waals surface area contributed by atoms with Gasteiger partial charge in [-0.1, -0.05) is 12.1 Å². The van der Waals surface area contributed by atoms with Gasteiger partial charge in [-0.3, -0.25) is 9.59 Å². The Morgan fingerprint density at radius 2 is 1.75 bits per heavy atom. The zero-order valence-electron chi connectivity index (χ0n) is 11.6. The zero-order chi connectivity index (χ0) is 15.3. The Bertz CT molecular complexity index is 523. The fourth-order valence-corrected chi connectivity index (χ4v) is 1.81. The first-order valence-corrected chi connectivity index (χ1v) is 6.02. The van der Waals surface area contributed by atoms with Crippen LogP contribution < -0.4 is 10.1 Å². The summed E-state index contributed by atoms with van der Waals surface area (Å²) in [5.41, 5.74) is -0.672. The molecule has 1 unspecified atom stereocenters. The summed E-state index contributed by atoms with van der Waals surface area (Å²) >= 11 is 0. The summed E-state index contributed by atoms with van der Waals surface area (Å²) in [5.74, 6) is -1.56. The molecule has 1 atom stereocenters. The van der Waals surface area contributed by atoms with E-state index in [9.17, 15) is 19.5 Å². The van der Waals surface area contributed by atoms with Gasteiger partial charge in [0.15, 0.2) is 0 Å². The van der Waals surface area contributed by atoms with Crippen molar-refractivity contribution in [3.8, 4) is 5.75 Å². The molecule has 0 aliphatic heterocycles. The molecule has 108 valence electrons. The molecule has 1 amide bonds. The molecule has 0 aromatic heterocycles. The molecule has 1 aromatic rings. The van der Waals surface area contributed by atoms with Gasteiger partial charge in [-0.25, -0.2) is 4.79 Å². The van der Waals surface area contributed by atoms with Crippen molar-refractivity contribution in [1.82, 2.24) is 5.32 Å².